The zero-order valence-electron chi connectivity index (χ0n) is 17.4. The first-order valence-corrected chi connectivity index (χ1v) is 10.7. The summed E-state index contributed by atoms with van der Waals surface area (Å²) in [7, 11) is 0. The van der Waals surface area contributed by atoms with Crippen molar-refractivity contribution in [3.8, 4) is 0 Å². The number of hydrogen-bond acceptors (Lipinski definition) is 5. The number of nitrogens with one attached hydrogen (secondary N) is 2. The van der Waals surface area contributed by atoms with E-state index < -0.39 is 0 Å². The van der Waals surface area contributed by atoms with Crippen LogP contribution in [-0.4, -0.2) is 94.4 Å². The molecule has 3 fully saturated rings. The number of halogens is 1. The highest BCUT2D eigenvalue weighted by Crippen LogP contribution is 2.18. The number of anilines is 1. The molecule has 0 aromatic heterocycles. The predicted octanol–water partition coefficient (Wildman–Crippen LogP) is 0.302. The van der Waals surface area contributed by atoms with Crippen molar-refractivity contribution in [2.45, 2.75) is 0 Å². The summed E-state index contributed by atoms with van der Waals surface area (Å²) < 4.78 is 24.1. The molecule has 0 spiro atoms. The fraction of sp³-hybridized carbons (Fsp3) is 0.571. The van der Waals surface area contributed by atoms with Gasteiger partial charge in [-0.05, 0) is 49.3 Å². The molecule has 164 valence electrons. The van der Waals surface area contributed by atoms with Crippen LogP contribution in [0.4, 0.5) is 10.1 Å². The van der Waals surface area contributed by atoms with Gasteiger partial charge >= 0.3 is 0 Å². The van der Waals surface area contributed by atoms with Crippen molar-refractivity contribution in [1.82, 2.24) is 9.80 Å². The molecule has 9 heteroatoms. The molecule has 1 aromatic carbocycles. The number of morpholine rings is 2. The Balaban J connectivity index is 1.38. The van der Waals surface area contributed by atoms with Gasteiger partial charge in [0.1, 0.15) is 24.7 Å². The van der Waals surface area contributed by atoms with Crippen LogP contribution in [-0.2, 0) is 9.47 Å². The van der Waals surface area contributed by atoms with Crippen molar-refractivity contribution in [3.63, 3.8) is 0 Å². The van der Waals surface area contributed by atoms with Gasteiger partial charge in [0.2, 0.25) is 0 Å². The Bertz CT molecular complexity index is 724. The third kappa shape index (κ3) is 5.41. The van der Waals surface area contributed by atoms with Crippen LogP contribution < -0.4 is 9.91 Å². The highest BCUT2D eigenvalue weighted by Gasteiger charge is 2.20. The van der Waals surface area contributed by atoms with Gasteiger partial charge in [-0.25, -0.2) is 4.39 Å². The third-order valence-corrected chi connectivity index (χ3v) is 5.76. The Labute approximate surface area is 177 Å². The van der Waals surface area contributed by atoms with E-state index in [1.165, 1.54) is 12.1 Å². The van der Waals surface area contributed by atoms with Gasteiger partial charge in [-0.2, -0.15) is 0 Å². The minimum Gasteiger partial charge on any atom is -0.460 e. The van der Waals surface area contributed by atoms with E-state index in [1.807, 2.05) is 18.2 Å². The normalized spacial score (nSPS) is 21.6. The van der Waals surface area contributed by atoms with Crippen LogP contribution in [0, 0.1) is 11.2 Å². The summed E-state index contributed by atoms with van der Waals surface area (Å²) in [5, 5.41) is 9.82. The summed E-state index contributed by atoms with van der Waals surface area (Å²) >= 11 is 0. The van der Waals surface area contributed by atoms with E-state index in [1.54, 1.807) is 0 Å². The first-order valence-electron chi connectivity index (χ1n) is 10.7. The SMILES string of the molecule is N=C(/C=C(\[N-][NH+]1CCOCC1)N1CCOCC1)N1CCN(c2ccc(F)cc2)CC1. The lowest BCUT2D eigenvalue weighted by molar-refractivity contribution is -0.869. The van der Waals surface area contributed by atoms with Gasteiger partial charge in [0.15, 0.2) is 0 Å². The van der Waals surface area contributed by atoms with Gasteiger partial charge in [0.05, 0.1) is 13.2 Å². The van der Waals surface area contributed by atoms with E-state index in [9.17, 15) is 4.39 Å². The third-order valence-electron chi connectivity index (χ3n) is 5.76. The number of benzene rings is 1. The number of hydrogen-bond donors (Lipinski definition) is 2. The number of quaternary nitrogens is 1. The topological polar surface area (TPSA) is 70.6 Å². The summed E-state index contributed by atoms with van der Waals surface area (Å²) in [6.45, 7) is 9.24. The maximum atomic E-state index is 13.2. The van der Waals surface area contributed by atoms with E-state index in [0.29, 0.717) is 19.0 Å². The molecule has 0 amide bonds. The summed E-state index contributed by atoms with van der Waals surface area (Å²) in [5.74, 6) is 1.14. The van der Waals surface area contributed by atoms with Crippen molar-refractivity contribution in [3.05, 3.63) is 47.4 Å². The van der Waals surface area contributed by atoms with Crippen LogP contribution >= 0.6 is 0 Å². The number of nitrogens with zero attached hydrogens (tertiary/aromatic N) is 4. The minimum absolute atomic E-state index is 0.217. The second kappa shape index (κ2) is 10.1. The molecule has 3 heterocycles. The molecule has 1 aromatic rings. The van der Waals surface area contributed by atoms with E-state index in [-0.39, 0.29) is 5.82 Å². The Morgan fingerprint density at radius 2 is 1.53 bits per heavy atom. The quantitative estimate of drug-likeness (QED) is 0.532. The van der Waals surface area contributed by atoms with Crippen LogP contribution in [0.2, 0.25) is 0 Å². The first-order chi connectivity index (χ1) is 14.7. The fourth-order valence-electron chi connectivity index (χ4n) is 3.94. The average molecular weight is 419 g/mol. The van der Waals surface area contributed by atoms with Crippen LogP contribution in [0.15, 0.2) is 36.2 Å². The first kappa shape index (κ1) is 20.9. The van der Waals surface area contributed by atoms with Gasteiger partial charge in [-0.15, -0.1) is 0 Å². The fourth-order valence-corrected chi connectivity index (χ4v) is 3.94. The highest BCUT2D eigenvalue weighted by molar-refractivity contribution is 5.91. The Morgan fingerprint density at radius 1 is 0.900 bits per heavy atom. The lowest BCUT2D eigenvalue weighted by atomic mass is 10.2. The summed E-state index contributed by atoms with van der Waals surface area (Å²) in [4.78, 5) is 6.54. The van der Waals surface area contributed by atoms with Crippen molar-refractivity contribution in [2.75, 3.05) is 83.7 Å². The molecule has 0 aliphatic carbocycles. The average Bonchev–Trinajstić information content (AvgIpc) is 2.80. The molecular formula is C21H31FN6O2. The van der Waals surface area contributed by atoms with Crippen LogP contribution in [0.5, 0.6) is 0 Å². The molecule has 0 bridgehead atoms. The molecule has 0 radical (unpaired) electrons. The van der Waals surface area contributed by atoms with E-state index in [0.717, 1.165) is 82.1 Å². The minimum atomic E-state index is -0.217. The van der Waals surface area contributed by atoms with Crippen LogP contribution in [0.25, 0.3) is 5.43 Å². The van der Waals surface area contributed by atoms with Crippen molar-refractivity contribution in [1.29, 1.82) is 5.41 Å². The van der Waals surface area contributed by atoms with Gasteiger partial charge in [-0.1, -0.05) is 0 Å². The molecule has 0 unspecified atom stereocenters. The molecule has 0 saturated carbocycles. The van der Waals surface area contributed by atoms with E-state index >= 15 is 0 Å². The summed E-state index contributed by atoms with van der Waals surface area (Å²) in [6, 6.07) is 6.63. The van der Waals surface area contributed by atoms with Crippen molar-refractivity contribution in [2.24, 2.45) is 0 Å². The largest absolute Gasteiger partial charge is 0.460 e. The lowest BCUT2D eigenvalue weighted by Crippen LogP contribution is -3.10. The van der Waals surface area contributed by atoms with Gasteiger partial charge in [0, 0.05) is 45.1 Å². The highest BCUT2D eigenvalue weighted by atomic mass is 19.1. The Hall–Kier alpha value is -2.36. The lowest BCUT2D eigenvalue weighted by Gasteiger charge is -2.42. The van der Waals surface area contributed by atoms with Crippen LogP contribution in [0.1, 0.15) is 0 Å². The maximum absolute atomic E-state index is 13.2. The molecule has 0 atom stereocenters. The Kier molecular flexibility index (Phi) is 7.03. The van der Waals surface area contributed by atoms with Gasteiger partial charge in [0.25, 0.3) is 0 Å². The van der Waals surface area contributed by atoms with Crippen molar-refractivity contribution >= 4 is 11.5 Å². The maximum Gasteiger partial charge on any atom is 0.123 e. The molecule has 3 aliphatic heterocycles. The van der Waals surface area contributed by atoms with Crippen LogP contribution in [0.3, 0.4) is 0 Å². The number of rotatable bonds is 5. The summed E-state index contributed by atoms with van der Waals surface area (Å²) in [6.07, 6.45) is 1.90. The zero-order chi connectivity index (χ0) is 20.8. The number of amidine groups is 1. The number of ether oxygens (including phenoxy) is 2. The Morgan fingerprint density at radius 3 is 2.20 bits per heavy atom. The second-order valence-electron chi connectivity index (χ2n) is 7.73. The standard InChI is InChI=1S/C21H31FN6O2/c22-18-1-3-19(4-2-18)25-5-7-26(8-6-25)20(23)17-21(27-9-13-29-14-10-27)24-28-11-15-30-16-12-28/h1-4,17,23,28H,5-16H2/b21-17+,23-20?. The molecular weight excluding hydrogens is 387 g/mol. The van der Waals surface area contributed by atoms with E-state index in [2.05, 4.69) is 14.7 Å². The molecule has 30 heavy (non-hydrogen) atoms. The zero-order valence-corrected chi connectivity index (χ0v) is 17.4. The van der Waals surface area contributed by atoms with Gasteiger partial charge in [-0.3, -0.25) is 15.8 Å². The molecule has 3 aliphatic rings. The molecule has 8 nitrogen and oxygen atoms in total. The smallest absolute Gasteiger partial charge is 0.123 e. The summed E-state index contributed by atoms with van der Waals surface area (Å²) in [5.41, 5.74) is 5.95. The van der Waals surface area contributed by atoms with Gasteiger partial charge < -0.3 is 24.2 Å². The molecule has 4 rings (SSSR count). The molecule has 3 saturated heterocycles. The second-order valence-corrected chi connectivity index (χ2v) is 7.73. The monoisotopic (exact) mass is 418 g/mol. The molecule has 2 N–H and O–H groups in total. The van der Waals surface area contributed by atoms with E-state index in [4.69, 9.17) is 20.3 Å². The number of piperazine rings is 1. The van der Waals surface area contributed by atoms with Crippen molar-refractivity contribution < 1.29 is 18.9 Å². The predicted molar refractivity (Wildman–Crippen MR) is 113 cm³/mol.